The quantitative estimate of drug-likeness (QED) is 0.213. The first-order valence-electron chi connectivity index (χ1n) is 5.03. The van der Waals surface area contributed by atoms with Crippen molar-refractivity contribution in [2.75, 3.05) is 41.4 Å². The van der Waals surface area contributed by atoms with Crippen molar-refractivity contribution in [3.05, 3.63) is 12.2 Å². The summed E-state index contributed by atoms with van der Waals surface area (Å²) in [6, 6.07) is 0. The van der Waals surface area contributed by atoms with Crippen molar-refractivity contribution in [3.63, 3.8) is 0 Å². The van der Waals surface area contributed by atoms with Crippen LogP contribution in [0.25, 0.3) is 0 Å². The molecule has 2 N–H and O–H groups in total. The highest BCUT2D eigenvalue weighted by Gasteiger charge is 2.09. The average Bonchev–Trinajstić information content (AvgIpc) is 2.15. The summed E-state index contributed by atoms with van der Waals surface area (Å²) in [5.41, 5.74) is 0.455. The van der Waals surface area contributed by atoms with Crippen molar-refractivity contribution in [1.29, 1.82) is 0 Å². The third kappa shape index (κ3) is 22.6. The molecule has 0 aromatic heterocycles. The minimum absolute atomic E-state index is 0. The lowest BCUT2D eigenvalue weighted by atomic mass is 10.4. The molecule has 0 bridgehead atoms. The number of nitrogens with zero attached hydrogens (tertiary/aromatic N) is 1. The highest BCUT2D eigenvalue weighted by molar-refractivity contribution is 7.80. The Morgan fingerprint density at radius 3 is 1.89 bits per heavy atom. The van der Waals surface area contributed by atoms with Crippen molar-refractivity contribution in [1.82, 2.24) is 0 Å². The molecular formula is C10H23NO7S. The minimum atomic E-state index is -4.41. The maximum atomic E-state index is 10.9. The number of rotatable bonds is 5. The second-order valence-corrected chi connectivity index (χ2v) is 5.65. The Balaban J connectivity index is -0.000000313. The highest BCUT2D eigenvalue weighted by atomic mass is 32.3. The molecule has 0 aromatic carbocycles. The Morgan fingerprint density at radius 2 is 1.68 bits per heavy atom. The van der Waals surface area contributed by atoms with Gasteiger partial charge in [-0.1, -0.05) is 6.58 Å². The fraction of sp³-hybridized carbons (Fsp3) is 0.700. The lowest BCUT2D eigenvalue weighted by molar-refractivity contribution is -0.870. The summed E-state index contributed by atoms with van der Waals surface area (Å²) in [5, 5.41) is 0. The molecule has 0 aromatic rings. The Morgan fingerprint density at radius 1 is 1.32 bits per heavy atom. The number of esters is 1. The number of ether oxygens (including phenoxy) is 1. The van der Waals surface area contributed by atoms with Gasteiger partial charge in [-0.3, -0.25) is 4.18 Å². The number of likely N-dealkylation sites (N-methyl/N-ethyl adjacent to an activating group) is 1. The predicted molar refractivity (Wildman–Crippen MR) is 69.0 cm³/mol. The lowest BCUT2D eigenvalue weighted by Crippen LogP contribution is -2.38. The molecule has 9 heteroatoms. The van der Waals surface area contributed by atoms with Crippen molar-refractivity contribution >= 4 is 16.4 Å². The Labute approximate surface area is 114 Å². The monoisotopic (exact) mass is 301 g/mol. The van der Waals surface area contributed by atoms with Gasteiger partial charge in [0.15, 0.2) is 0 Å². The molecule has 0 unspecified atom stereocenters. The van der Waals surface area contributed by atoms with Gasteiger partial charge in [0, 0.05) is 5.57 Å². The van der Waals surface area contributed by atoms with Gasteiger partial charge >= 0.3 is 5.97 Å². The molecule has 0 heterocycles. The summed E-state index contributed by atoms with van der Waals surface area (Å²) in [5.74, 6) is -0.302. The van der Waals surface area contributed by atoms with Crippen LogP contribution in [0.2, 0.25) is 0 Å². The summed E-state index contributed by atoms with van der Waals surface area (Å²) < 4.78 is 36.7. The second kappa shape index (κ2) is 9.87. The second-order valence-electron chi connectivity index (χ2n) is 4.51. The fourth-order valence-electron chi connectivity index (χ4n) is 0.535. The van der Waals surface area contributed by atoms with Crippen LogP contribution in [0.15, 0.2) is 12.2 Å². The van der Waals surface area contributed by atoms with Crippen LogP contribution in [-0.2, 0) is 24.1 Å². The van der Waals surface area contributed by atoms with Crippen molar-refractivity contribution in [2.24, 2.45) is 0 Å². The van der Waals surface area contributed by atoms with Crippen LogP contribution in [0, 0.1) is 0 Å². The zero-order valence-electron chi connectivity index (χ0n) is 11.9. The van der Waals surface area contributed by atoms with Crippen LogP contribution >= 0.6 is 0 Å². The largest absolute Gasteiger partial charge is 0.726 e. The number of hydrogen-bond acceptors (Lipinski definition) is 6. The summed E-state index contributed by atoms with van der Waals surface area (Å²) in [4.78, 5) is 10.9. The molecule has 0 aliphatic carbocycles. The van der Waals surface area contributed by atoms with Crippen LogP contribution in [-0.4, -0.2) is 70.3 Å². The van der Waals surface area contributed by atoms with Crippen molar-refractivity contribution in [3.8, 4) is 0 Å². The van der Waals surface area contributed by atoms with Crippen LogP contribution < -0.4 is 0 Å². The number of hydrogen-bond donors (Lipinski definition) is 0. The predicted octanol–water partition coefficient (Wildman–Crippen LogP) is -0.920. The zero-order chi connectivity index (χ0) is 15.0. The van der Waals surface area contributed by atoms with E-state index in [4.69, 9.17) is 4.74 Å². The van der Waals surface area contributed by atoms with E-state index in [0.717, 1.165) is 18.1 Å². The van der Waals surface area contributed by atoms with Crippen LogP contribution in [0.3, 0.4) is 0 Å². The molecule has 0 rings (SSSR count). The first kappa shape index (κ1) is 23.1. The Hall–Kier alpha value is -1.00. The maximum absolute atomic E-state index is 10.9. The van der Waals surface area contributed by atoms with Crippen LogP contribution in [0.1, 0.15) is 6.92 Å². The maximum Gasteiger partial charge on any atom is 0.333 e. The SMILES string of the molecule is C=C(C)C(=O)OCC[N+](C)(C)C.COS(=O)(=O)[O-].O. The molecule has 0 saturated heterocycles. The van der Waals surface area contributed by atoms with E-state index in [0.29, 0.717) is 12.2 Å². The fourth-order valence-corrected chi connectivity index (χ4v) is 0.535. The zero-order valence-corrected chi connectivity index (χ0v) is 12.7. The van der Waals surface area contributed by atoms with E-state index >= 15 is 0 Å². The molecular weight excluding hydrogens is 278 g/mol. The summed E-state index contributed by atoms with van der Waals surface area (Å²) in [6.45, 7) is 6.41. The summed E-state index contributed by atoms with van der Waals surface area (Å²) in [7, 11) is 2.55. The van der Waals surface area contributed by atoms with E-state index in [1.807, 2.05) is 0 Å². The smallest absolute Gasteiger partial charge is 0.333 e. The number of quaternary nitrogens is 1. The highest BCUT2D eigenvalue weighted by Crippen LogP contribution is 1.94. The molecule has 0 spiro atoms. The Kier molecular flexibility index (Phi) is 12.0. The van der Waals surface area contributed by atoms with E-state index in [9.17, 15) is 17.8 Å². The molecule has 0 aliphatic rings. The minimum Gasteiger partial charge on any atom is -0.726 e. The molecule has 0 saturated carbocycles. The van der Waals surface area contributed by atoms with E-state index in [1.54, 1.807) is 6.92 Å². The van der Waals surface area contributed by atoms with Gasteiger partial charge in [-0.15, -0.1) is 0 Å². The standard InChI is InChI=1S/C9H18NO2.CH4O4S.H2O/c1-8(2)9(11)12-7-6-10(3,4)5;1-5-6(2,3)4;/h1,6-7H2,2-5H3;1H3,(H,2,3,4);1H2/q+1;;/p-1. The van der Waals surface area contributed by atoms with Gasteiger partial charge in [-0.2, -0.15) is 0 Å². The van der Waals surface area contributed by atoms with E-state index < -0.39 is 10.4 Å². The molecule has 0 aliphatic heterocycles. The normalized spacial score (nSPS) is 10.6. The lowest BCUT2D eigenvalue weighted by Gasteiger charge is -2.23. The molecule has 116 valence electrons. The third-order valence-electron chi connectivity index (χ3n) is 1.55. The molecule has 0 amide bonds. The van der Waals surface area contributed by atoms with Crippen molar-refractivity contribution < 1.29 is 36.6 Å². The molecule has 0 radical (unpaired) electrons. The first-order valence-corrected chi connectivity index (χ1v) is 6.37. The molecule has 8 nitrogen and oxygen atoms in total. The van der Waals surface area contributed by atoms with Gasteiger partial charge in [-0.25, -0.2) is 13.2 Å². The van der Waals surface area contributed by atoms with E-state index in [1.165, 1.54) is 0 Å². The Bertz CT molecular complexity index is 370. The van der Waals surface area contributed by atoms with Gasteiger partial charge in [0.25, 0.3) is 0 Å². The van der Waals surface area contributed by atoms with Crippen LogP contribution in [0.4, 0.5) is 0 Å². The third-order valence-corrected chi connectivity index (χ3v) is 1.96. The number of carbonyl (C=O) groups excluding carboxylic acids is 1. The topological polar surface area (TPSA) is 124 Å². The van der Waals surface area contributed by atoms with Gasteiger partial charge in [0.1, 0.15) is 13.2 Å². The molecule has 0 atom stereocenters. The van der Waals surface area contributed by atoms with Gasteiger partial charge < -0.3 is 19.2 Å². The molecule has 19 heavy (non-hydrogen) atoms. The van der Waals surface area contributed by atoms with Crippen LogP contribution in [0.5, 0.6) is 0 Å². The average molecular weight is 301 g/mol. The van der Waals surface area contributed by atoms with E-state index in [2.05, 4.69) is 31.9 Å². The summed E-state index contributed by atoms with van der Waals surface area (Å²) >= 11 is 0. The summed E-state index contributed by atoms with van der Waals surface area (Å²) in [6.07, 6.45) is 0. The van der Waals surface area contributed by atoms with Crippen molar-refractivity contribution in [2.45, 2.75) is 6.92 Å². The molecule has 0 fully saturated rings. The number of carbonyl (C=O) groups is 1. The van der Waals surface area contributed by atoms with Gasteiger partial charge in [-0.05, 0) is 6.92 Å². The van der Waals surface area contributed by atoms with Gasteiger partial charge in [0.05, 0.1) is 28.3 Å². The van der Waals surface area contributed by atoms with Gasteiger partial charge in [0.2, 0.25) is 10.4 Å². The first-order chi connectivity index (χ1) is 7.89. The van der Waals surface area contributed by atoms with E-state index in [-0.39, 0.29) is 11.4 Å².